The van der Waals surface area contributed by atoms with E-state index in [1.54, 1.807) is 30.8 Å². The van der Waals surface area contributed by atoms with E-state index in [0.29, 0.717) is 17.6 Å². The van der Waals surface area contributed by atoms with Crippen molar-refractivity contribution in [2.75, 3.05) is 19.5 Å². The molecule has 0 amide bonds. The molecule has 1 aliphatic heterocycles. The van der Waals surface area contributed by atoms with Crippen LogP contribution in [0.4, 0.5) is 5.95 Å². The molecule has 2 aromatic heterocycles. The maximum Gasteiger partial charge on any atom is 0.459 e. The third-order valence-electron chi connectivity index (χ3n) is 6.11. The highest BCUT2D eigenvalue weighted by atomic mass is 31.2. The van der Waals surface area contributed by atoms with Crippen molar-refractivity contribution in [2.45, 2.75) is 65.5 Å². The van der Waals surface area contributed by atoms with Crippen LogP contribution in [0.1, 0.15) is 47.3 Å². The number of hydrogen-bond acceptors (Lipinski definition) is 13. The Kier molecular flexibility index (Phi) is 9.67. The van der Waals surface area contributed by atoms with Crippen molar-refractivity contribution in [2.24, 2.45) is 5.92 Å². The summed E-state index contributed by atoms with van der Waals surface area (Å²) < 4.78 is 49.1. The number of carbonyl (C=O) groups excluding carboxylic acids is 2. The lowest BCUT2D eigenvalue weighted by Crippen LogP contribution is -2.36. The van der Waals surface area contributed by atoms with Crippen molar-refractivity contribution in [3.8, 4) is 17.4 Å². The highest BCUT2D eigenvalue weighted by Crippen LogP contribution is 2.47. The standard InChI is InChI=1S/C26H35N6O9P/c1-14(2)38-25(34)16(4)31-42(35,41-19-9-7-8-18(11-19)39-17(5)33)37-12-20-10-15(3)24(40-20)32-13-28-21-22(32)29-26(27)30-23(21)36-6/h7-9,11,13-16,20,24H,10,12H2,1-6H3,(H,31,35)(H2,27,29,30)/t15?,16-,20?,24?,42?/m0/s1. The Bertz CT molecular complexity index is 1480. The highest BCUT2D eigenvalue weighted by Gasteiger charge is 2.39. The lowest BCUT2D eigenvalue weighted by Gasteiger charge is -2.24. The molecule has 3 heterocycles. The smallest absolute Gasteiger partial charge is 0.459 e. The molecule has 0 radical (unpaired) electrons. The third kappa shape index (κ3) is 7.53. The van der Waals surface area contributed by atoms with Crippen LogP contribution < -0.4 is 24.8 Å². The van der Waals surface area contributed by atoms with Crippen molar-refractivity contribution in [3.63, 3.8) is 0 Å². The number of hydrogen-bond donors (Lipinski definition) is 2. The quantitative estimate of drug-likeness (QED) is 0.173. The summed E-state index contributed by atoms with van der Waals surface area (Å²) in [4.78, 5) is 36.6. The van der Waals surface area contributed by atoms with Crippen LogP contribution in [-0.2, 0) is 28.2 Å². The van der Waals surface area contributed by atoms with Gasteiger partial charge in [0.15, 0.2) is 11.2 Å². The van der Waals surface area contributed by atoms with E-state index in [1.807, 2.05) is 6.92 Å². The summed E-state index contributed by atoms with van der Waals surface area (Å²) >= 11 is 0. The van der Waals surface area contributed by atoms with Crippen LogP contribution in [0.25, 0.3) is 11.2 Å². The van der Waals surface area contributed by atoms with E-state index in [0.717, 1.165) is 0 Å². The molecule has 3 N–H and O–H groups in total. The number of nitrogens with two attached hydrogens (primary N) is 1. The van der Waals surface area contributed by atoms with Crippen molar-refractivity contribution < 1.29 is 42.1 Å². The minimum Gasteiger partial charge on any atom is -0.479 e. The number of fused-ring (bicyclic) bond motifs is 1. The van der Waals surface area contributed by atoms with Crippen molar-refractivity contribution >= 4 is 36.8 Å². The first-order valence-corrected chi connectivity index (χ1v) is 14.8. The van der Waals surface area contributed by atoms with Crippen LogP contribution in [0.2, 0.25) is 0 Å². The maximum atomic E-state index is 14.0. The molecule has 5 atom stereocenters. The number of esters is 2. The van der Waals surface area contributed by atoms with Gasteiger partial charge in [0.05, 0.1) is 32.3 Å². The number of anilines is 1. The Balaban J connectivity index is 1.51. The summed E-state index contributed by atoms with van der Waals surface area (Å²) in [6, 6.07) is 4.95. The Morgan fingerprint density at radius 3 is 2.67 bits per heavy atom. The molecule has 16 heteroatoms. The molecule has 15 nitrogen and oxygen atoms in total. The van der Waals surface area contributed by atoms with Crippen LogP contribution in [0.3, 0.4) is 0 Å². The van der Waals surface area contributed by atoms with Gasteiger partial charge in [-0.25, -0.2) is 9.55 Å². The molecule has 0 aliphatic carbocycles. The fourth-order valence-corrected chi connectivity index (χ4v) is 5.91. The monoisotopic (exact) mass is 606 g/mol. The molecule has 1 aliphatic rings. The minimum atomic E-state index is -4.20. The summed E-state index contributed by atoms with van der Waals surface area (Å²) in [7, 11) is -2.74. The topological polar surface area (TPSA) is 188 Å². The van der Waals surface area contributed by atoms with Gasteiger partial charge in [-0.2, -0.15) is 15.1 Å². The summed E-state index contributed by atoms with van der Waals surface area (Å²) in [6.07, 6.45) is 0.728. The molecule has 1 saturated heterocycles. The average molecular weight is 607 g/mol. The zero-order valence-electron chi connectivity index (χ0n) is 24.2. The van der Waals surface area contributed by atoms with E-state index >= 15 is 0 Å². The van der Waals surface area contributed by atoms with Gasteiger partial charge in [-0.3, -0.25) is 18.7 Å². The van der Waals surface area contributed by atoms with Gasteiger partial charge < -0.3 is 29.2 Å². The highest BCUT2D eigenvalue weighted by molar-refractivity contribution is 7.52. The normalized spacial score (nSPS) is 20.7. The van der Waals surface area contributed by atoms with Gasteiger partial charge in [0.2, 0.25) is 11.8 Å². The van der Waals surface area contributed by atoms with Gasteiger partial charge in [0.25, 0.3) is 0 Å². The number of benzene rings is 1. The van der Waals surface area contributed by atoms with Gasteiger partial charge in [-0.05, 0) is 39.3 Å². The number of rotatable bonds is 12. The van der Waals surface area contributed by atoms with Crippen molar-refractivity contribution in [1.82, 2.24) is 24.6 Å². The predicted octanol–water partition coefficient (Wildman–Crippen LogP) is 3.40. The van der Waals surface area contributed by atoms with Gasteiger partial charge >= 0.3 is 19.7 Å². The molecule has 228 valence electrons. The van der Waals surface area contributed by atoms with Crippen LogP contribution in [0.15, 0.2) is 30.6 Å². The molecule has 0 bridgehead atoms. The van der Waals surface area contributed by atoms with E-state index in [-0.39, 0.29) is 42.0 Å². The van der Waals surface area contributed by atoms with Crippen LogP contribution in [-0.4, -0.2) is 63.4 Å². The lowest BCUT2D eigenvalue weighted by molar-refractivity contribution is -0.149. The number of methoxy groups -OCH3 is 1. The van der Waals surface area contributed by atoms with E-state index in [2.05, 4.69) is 20.0 Å². The zero-order chi connectivity index (χ0) is 30.6. The van der Waals surface area contributed by atoms with Crippen molar-refractivity contribution in [3.05, 3.63) is 30.6 Å². The Hall–Kier alpha value is -3.78. The summed E-state index contributed by atoms with van der Waals surface area (Å²) in [5.74, 6) is -0.651. The molecule has 3 aromatic rings. The fraction of sp³-hybridized carbons (Fsp3) is 0.500. The molecule has 0 saturated carbocycles. The molecule has 1 aromatic carbocycles. The van der Waals surface area contributed by atoms with E-state index in [1.165, 1.54) is 39.2 Å². The van der Waals surface area contributed by atoms with Crippen LogP contribution in [0.5, 0.6) is 17.4 Å². The molecule has 0 spiro atoms. The second-order valence-corrected chi connectivity index (χ2v) is 11.8. The van der Waals surface area contributed by atoms with Gasteiger partial charge in [0, 0.05) is 18.9 Å². The van der Waals surface area contributed by atoms with E-state index < -0.39 is 38.1 Å². The summed E-state index contributed by atoms with van der Waals surface area (Å²) in [6.45, 7) is 7.98. The van der Waals surface area contributed by atoms with E-state index in [9.17, 15) is 14.2 Å². The molecule has 1 fully saturated rings. The van der Waals surface area contributed by atoms with Crippen LogP contribution in [0, 0.1) is 5.92 Å². The number of ether oxygens (including phenoxy) is 4. The summed E-state index contributed by atoms with van der Waals surface area (Å²) in [5, 5.41) is 2.64. The lowest BCUT2D eigenvalue weighted by atomic mass is 10.1. The van der Waals surface area contributed by atoms with Gasteiger partial charge in [-0.15, -0.1) is 0 Å². The second-order valence-electron chi connectivity index (χ2n) is 10.1. The first-order chi connectivity index (χ1) is 19.9. The van der Waals surface area contributed by atoms with Gasteiger partial charge in [0.1, 0.15) is 23.8 Å². The molecular weight excluding hydrogens is 571 g/mol. The first-order valence-electron chi connectivity index (χ1n) is 13.3. The first kappa shape index (κ1) is 31.2. The fourth-order valence-electron chi connectivity index (χ4n) is 4.39. The average Bonchev–Trinajstić information content (AvgIpc) is 3.49. The predicted molar refractivity (Wildman–Crippen MR) is 150 cm³/mol. The Labute approximate surface area is 242 Å². The number of carbonyl (C=O) groups is 2. The zero-order valence-corrected chi connectivity index (χ0v) is 25.1. The molecule has 42 heavy (non-hydrogen) atoms. The largest absolute Gasteiger partial charge is 0.479 e. The Morgan fingerprint density at radius 2 is 1.98 bits per heavy atom. The minimum absolute atomic E-state index is 0.0215. The third-order valence-corrected chi connectivity index (χ3v) is 7.75. The second kappa shape index (κ2) is 13.0. The van der Waals surface area contributed by atoms with Crippen molar-refractivity contribution in [1.29, 1.82) is 0 Å². The molecule has 4 unspecified atom stereocenters. The molecular formula is C26H35N6O9P. The van der Waals surface area contributed by atoms with Gasteiger partial charge in [-0.1, -0.05) is 13.0 Å². The Morgan fingerprint density at radius 1 is 1.24 bits per heavy atom. The number of aromatic nitrogens is 4. The SMILES string of the molecule is COc1nc(N)nc2c1ncn2C1OC(COP(=O)(N[C@@H](C)C(=O)OC(C)C)Oc2cccc(OC(C)=O)c2)CC1C. The molecule has 4 rings (SSSR count). The number of imidazole rings is 1. The number of nitrogens with one attached hydrogen (secondary N) is 1. The van der Waals surface area contributed by atoms with Crippen LogP contribution >= 0.6 is 7.75 Å². The number of nitrogen functional groups attached to an aromatic ring is 1. The number of nitrogens with zero attached hydrogens (tertiary/aromatic N) is 4. The maximum absolute atomic E-state index is 14.0. The summed E-state index contributed by atoms with van der Waals surface area (Å²) in [5.41, 5.74) is 6.73. The van der Waals surface area contributed by atoms with E-state index in [4.69, 9.17) is 33.7 Å².